The predicted molar refractivity (Wildman–Crippen MR) is 85.8 cm³/mol. The van der Waals surface area contributed by atoms with Crippen LogP contribution >= 0.6 is 15.9 Å². The highest BCUT2D eigenvalue weighted by Gasteiger charge is 2.36. The molecule has 1 aliphatic carbocycles. The van der Waals surface area contributed by atoms with Gasteiger partial charge in [-0.1, -0.05) is 28.8 Å². The number of hydrogen-bond donors (Lipinski definition) is 3. The first-order valence-electron chi connectivity index (χ1n) is 7.12. The fraction of sp³-hybridized carbons (Fsp3) is 0.467. The number of nitrogens with two attached hydrogens (primary N) is 1. The van der Waals surface area contributed by atoms with E-state index in [0.29, 0.717) is 6.54 Å². The van der Waals surface area contributed by atoms with Crippen LogP contribution in [0.2, 0.25) is 0 Å². The summed E-state index contributed by atoms with van der Waals surface area (Å²) in [5.74, 6) is -0.272. The lowest BCUT2D eigenvalue weighted by Crippen LogP contribution is -2.52. The smallest absolute Gasteiger partial charge is 0.240 e. The topological polar surface area (TPSA) is 84.2 Å². The van der Waals surface area contributed by atoms with Gasteiger partial charge >= 0.3 is 0 Å². The van der Waals surface area contributed by atoms with Crippen molar-refractivity contribution in [3.63, 3.8) is 0 Å². The van der Waals surface area contributed by atoms with Gasteiger partial charge in [0.05, 0.1) is 5.54 Å². The maximum atomic E-state index is 12.0. The van der Waals surface area contributed by atoms with Gasteiger partial charge in [0.25, 0.3) is 0 Å². The second-order valence-electron chi connectivity index (χ2n) is 5.42. The SMILES string of the molecule is NC1(C(=O)NCCC(=O)Nc2ccc(Br)cc2)CCCC1. The average Bonchev–Trinajstić information content (AvgIpc) is 2.89. The molecule has 0 heterocycles. The number of amides is 2. The van der Waals surface area contributed by atoms with Crippen molar-refractivity contribution in [2.45, 2.75) is 37.6 Å². The molecule has 0 aliphatic heterocycles. The molecule has 1 saturated carbocycles. The number of rotatable bonds is 5. The van der Waals surface area contributed by atoms with E-state index in [1.54, 1.807) is 0 Å². The van der Waals surface area contributed by atoms with Gasteiger partial charge in [0, 0.05) is 23.1 Å². The van der Waals surface area contributed by atoms with Crippen molar-refractivity contribution in [1.82, 2.24) is 5.32 Å². The van der Waals surface area contributed by atoms with Crippen LogP contribution in [0.25, 0.3) is 0 Å². The number of nitrogens with one attached hydrogen (secondary N) is 2. The number of anilines is 1. The van der Waals surface area contributed by atoms with E-state index in [9.17, 15) is 9.59 Å². The summed E-state index contributed by atoms with van der Waals surface area (Å²) in [6, 6.07) is 7.34. The molecule has 6 heteroatoms. The van der Waals surface area contributed by atoms with Gasteiger partial charge in [0.2, 0.25) is 11.8 Å². The monoisotopic (exact) mass is 353 g/mol. The van der Waals surface area contributed by atoms with Gasteiger partial charge in [-0.2, -0.15) is 0 Å². The Morgan fingerprint density at radius 1 is 1.19 bits per heavy atom. The second-order valence-corrected chi connectivity index (χ2v) is 6.34. The van der Waals surface area contributed by atoms with E-state index in [-0.39, 0.29) is 18.2 Å². The lowest BCUT2D eigenvalue weighted by molar-refractivity contribution is -0.126. The zero-order valence-corrected chi connectivity index (χ0v) is 13.4. The summed E-state index contributed by atoms with van der Waals surface area (Å²) in [7, 11) is 0. The van der Waals surface area contributed by atoms with Crippen molar-refractivity contribution in [3.05, 3.63) is 28.7 Å². The minimum atomic E-state index is -0.734. The molecule has 21 heavy (non-hydrogen) atoms. The highest BCUT2D eigenvalue weighted by Crippen LogP contribution is 2.27. The van der Waals surface area contributed by atoms with E-state index in [2.05, 4.69) is 26.6 Å². The maximum absolute atomic E-state index is 12.0. The van der Waals surface area contributed by atoms with E-state index in [4.69, 9.17) is 5.73 Å². The minimum absolute atomic E-state index is 0.130. The summed E-state index contributed by atoms with van der Waals surface area (Å²) >= 11 is 3.33. The van der Waals surface area contributed by atoms with Crippen LogP contribution < -0.4 is 16.4 Å². The number of hydrogen-bond acceptors (Lipinski definition) is 3. The molecule has 5 nitrogen and oxygen atoms in total. The van der Waals surface area contributed by atoms with Gasteiger partial charge in [0.15, 0.2) is 0 Å². The second kappa shape index (κ2) is 7.04. The van der Waals surface area contributed by atoms with Crippen molar-refractivity contribution in [2.24, 2.45) is 5.73 Å². The molecular formula is C15H20BrN3O2. The average molecular weight is 354 g/mol. The molecule has 1 aromatic carbocycles. The third kappa shape index (κ3) is 4.54. The maximum Gasteiger partial charge on any atom is 0.240 e. The molecule has 1 aliphatic rings. The fourth-order valence-electron chi connectivity index (χ4n) is 2.46. The molecule has 0 saturated heterocycles. The predicted octanol–water partition coefficient (Wildman–Crippen LogP) is 2.17. The van der Waals surface area contributed by atoms with Crippen LogP contribution in [0.15, 0.2) is 28.7 Å². The fourth-order valence-corrected chi connectivity index (χ4v) is 2.72. The molecule has 0 radical (unpaired) electrons. The molecule has 114 valence electrons. The van der Waals surface area contributed by atoms with Gasteiger partial charge in [-0.25, -0.2) is 0 Å². The molecular weight excluding hydrogens is 334 g/mol. The Kier molecular flexibility index (Phi) is 5.36. The minimum Gasteiger partial charge on any atom is -0.354 e. The van der Waals surface area contributed by atoms with Crippen molar-refractivity contribution in [3.8, 4) is 0 Å². The first kappa shape index (κ1) is 16.0. The Labute approximate surface area is 132 Å². The summed E-state index contributed by atoms with van der Waals surface area (Å²) in [6.45, 7) is 0.306. The number of benzene rings is 1. The lowest BCUT2D eigenvalue weighted by atomic mass is 9.98. The van der Waals surface area contributed by atoms with Crippen molar-refractivity contribution < 1.29 is 9.59 Å². The molecule has 0 aromatic heterocycles. The molecule has 2 amide bonds. The van der Waals surface area contributed by atoms with Crippen LogP contribution in [0.1, 0.15) is 32.1 Å². The van der Waals surface area contributed by atoms with Crippen molar-refractivity contribution >= 4 is 33.4 Å². The van der Waals surface area contributed by atoms with E-state index >= 15 is 0 Å². The Hall–Kier alpha value is -1.40. The molecule has 0 atom stereocenters. The first-order chi connectivity index (χ1) is 9.99. The Bertz CT molecular complexity index is 510. The van der Waals surface area contributed by atoms with Crippen LogP contribution in [0.3, 0.4) is 0 Å². The van der Waals surface area contributed by atoms with E-state index < -0.39 is 5.54 Å². The highest BCUT2D eigenvalue weighted by atomic mass is 79.9. The normalized spacial score (nSPS) is 16.5. The molecule has 0 unspecified atom stereocenters. The summed E-state index contributed by atoms with van der Waals surface area (Å²) in [5, 5.41) is 5.54. The zero-order valence-electron chi connectivity index (χ0n) is 11.8. The standard InChI is InChI=1S/C15H20BrN3O2/c16-11-3-5-12(6-4-11)19-13(20)7-10-18-14(21)15(17)8-1-2-9-15/h3-6H,1-2,7-10,17H2,(H,18,21)(H,19,20). The van der Waals surface area contributed by atoms with E-state index in [0.717, 1.165) is 35.8 Å². The van der Waals surface area contributed by atoms with E-state index in [1.165, 1.54) is 0 Å². The van der Waals surface area contributed by atoms with Crippen LogP contribution in [0, 0.1) is 0 Å². The highest BCUT2D eigenvalue weighted by molar-refractivity contribution is 9.10. The van der Waals surface area contributed by atoms with Gasteiger partial charge in [-0.15, -0.1) is 0 Å². The van der Waals surface area contributed by atoms with Gasteiger partial charge in [0.1, 0.15) is 0 Å². The van der Waals surface area contributed by atoms with Crippen molar-refractivity contribution in [2.75, 3.05) is 11.9 Å². The molecule has 1 fully saturated rings. The zero-order chi connectivity index (χ0) is 15.3. The summed E-state index contributed by atoms with van der Waals surface area (Å²) < 4.78 is 0.956. The molecule has 4 N–H and O–H groups in total. The molecule has 0 bridgehead atoms. The third-order valence-electron chi connectivity index (χ3n) is 3.71. The molecule has 0 spiro atoms. The van der Waals surface area contributed by atoms with Crippen LogP contribution in [0.5, 0.6) is 0 Å². The largest absolute Gasteiger partial charge is 0.354 e. The summed E-state index contributed by atoms with van der Waals surface area (Å²) in [6.07, 6.45) is 3.67. The van der Waals surface area contributed by atoms with Gasteiger partial charge < -0.3 is 16.4 Å². The molecule has 2 rings (SSSR count). The number of halogens is 1. The summed E-state index contributed by atoms with van der Waals surface area (Å²) in [4.78, 5) is 23.7. The van der Waals surface area contributed by atoms with Crippen LogP contribution in [0.4, 0.5) is 5.69 Å². The van der Waals surface area contributed by atoms with Crippen LogP contribution in [-0.4, -0.2) is 23.9 Å². The van der Waals surface area contributed by atoms with Crippen LogP contribution in [-0.2, 0) is 9.59 Å². The van der Waals surface area contributed by atoms with Gasteiger partial charge in [-0.3, -0.25) is 9.59 Å². The van der Waals surface area contributed by atoms with E-state index in [1.807, 2.05) is 24.3 Å². The lowest BCUT2D eigenvalue weighted by Gasteiger charge is -2.22. The number of carbonyl (C=O) groups is 2. The Balaban J connectivity index is 1.72. The third-order valence-corrected chi connectivity index (χ3v) is 4.24. The first-order valence-corrected chi connectivity index (χ1v) is 7.91. The summed E-state index contributed by atoms with van der Waals surface area (Å²) in [5.41, 5.74) is 6.04. The van der Waals surface area contributed by atoms with Crippen molar-refractivity contribution in [1.29, 1.82) is 0 Å². The number of carbonyl (C=O) groups excluding carboxylic acids is 2. The molecule has 1 aromatic rings. The quantitative estimate of drug-likeness (QED) is 0.758. The Morgan fingerprint density at radius 3 is 2.43 bits per heavy atom. The Morgan fingerprint density at radius 2 is 1.81 bits per heavy atom. The van der Waals surface area contributed by atoms with Gasteiger partial charge in [-0.05, 0) is 37.1 Å².